The predicted octanol–water partition coefficient (Wildman–Crippen LogP) is 6.58. The molecule has 2 heterocycles. The van der Waals surface area contributed by atoms with Crippen LogP contribution in [0.4, 0.5) is 15.9 Å². The first-order valence-electron chi connectivity index (χ1n) is 12.6. The molecule has 212 valence electrons. The number of nitrogens with one attached hydrogen (secondary N) is 1. The SMILES string of the molecule is CS(=O)(=O)CCOCCc1nc(-c2ccc3ncnc(Nc4ccc(OCc5cccc(F)c5)c(Br)c4)c3c2)cs1. The van der Waals surface area contributed by atoms with Gasteiger partial charge in [-0.15, -0.1) is 11.3 Å². The monoisotopic (exact) mass is 656 g/mol. The van der Waals surface area contributed by atoms with Crippen LogP contribution in [0.5, 0.6) is 5.75 Å². The number of halogens is 2. The molecule has 0 aliphatic rings. The molecule has 0 amide bonds. The Morgan fingerprint density at radius 1 is 1.05 bits per heavy atom. The van der Waals surface area contributed by atoms with E-state index in [4.69, 9.17) is 14.5 Å². The number of thiazole rings is 1. The molecule has 0 aliphatic heterocycles. The molecule has 0 bridgehead atoms. The van der Waals surface area contributed by atoms with E-state index < -0.39 is 9.84 Å². The second-order valence-corrected chi connectivity index (χ2v) is 13.3. The Morgan fingerprint density at radius 3 is 2.73 bits per heavy atom. The first-order valence-corrected chi connectivity index (χ1v) is 16.4. The van der Waals surface area contributed by atoms with Gasteiger partial charge in [-0.25, -0.2) is 27.8 Å². The molecule has 0 unspecified atom stereocenters. The van der Waals surface area contributed by atoms with Crippen LogP contribution < -0.4 is 10.1 Å². The molecule has 0 spiro atoms. The van der Waals surface area contributed by atoms with Crippen LogP contribution in [0.25, 0.3) is 22.2 Å². The van der Waals surface area contributed by atoms with E-state index in [-0.39, 0.29) is 24.8 Å². The zero-order valence-corrected chi connectivity index (χ0v) is 25.2. The average Bonchev–Trinajstić information content (AvgIpc) is 3.41. The Hall–Kier alpha value is -3.45. The van der Waals surface area contributed by atoms with Gasteiger partial charge in [-0.1, -0.05) is 18.2 Å². The van der Waals surface area contributed by atoms with Crippen molar-refractivity contribution in [2.75, 3.05) is 30.5 Å². The molecule has 0 fully saturated rings. The lowest BCUT2D eigenvalue weighted by atomic mass is 10.1. The van der Waals surface area contributed by atoms with Crippen molar-refractivity contribution in [2.24, 2.45) is 0 Å². The number of hydrogen-bond donors (Lipinski definition) is 1. The Labute approximate surface area is 249 Å². The Bertz CT molecular complexity index is 1780. The quantitative estimate of drug-likeness (QED) is 0.150. The number of sulfone groups is 1. The number of aromatic nitrogens is 3. The van der Waals surface area contributed by atoms with Crippen molar-refractivity contribution in [3.63, 3.8) is 0 Å². The first-order chi connectivity index (χ1) is 19.7. The summed E-state index contributed by atoms with van der Waals surface area (Å²) in [5.74, 6) is 0.993. The summed E-state index contributed by atoms with van der Waals surface area (Å²) in [4.78, 5) is 13.6. The van der Waals surface area contributed by atoms with Crippen LogP contribution >= 0.6 is 27.3 Å². The summed E-state index contributed by atoms with van der Waals surface area (Å²) in [6.45, 7) is 0.835. The minimum atomic E-state index is -3.03. The van der Waals surface area contributed by atoms with Gasteiger partial charge in [0.25, 0.3) is 0 Å². The van der Waals surface area contributed by atoms with Gasteiger partial charge in [-0.05, 0) is 64.0 Å². The normalized spacial score (nSPS) is 11.6. The van der Waals surface area contributed by atoms with Gasteiger partial charge in [-0.3, -0.25) is 0 Å². The fourth-order valence-electron chi connectivity index (χ4n) is 3.97. The average molecular weight is 658 g/mol. The first kappa shape index (κ1) is 29.1. The largest absolute Gasteiger partial charge is 0.488 e. The molecule has 5 rings (SSSR count). The van der Waals surface area contributed by atoms with Gasteiger partial charge >= 0.3 is 0 Å². The summed E-state index contributed by atoms with van der Waals surface area (Å²) in [6.07, 6.45) is 3.32. The zero-order valence-electron chi connectivity index (χ0n) is 22.0. The van der Waals surface area contributed by atoms with Crippen molar-refractivity contribution in [3.8, 4) is 17.0 Å². The predicted molar refractivity (Wildman–Crippen MR) is 163 cm³/mol. The summed E-state index contributed by atoms with van der Waals surface area (Å²) >= 11 is 5.10. The van der Waals surface area contributed by atoms with E-state index in [1.807, 2.05) is 47.8 Å². The van der Waals surface area contributed by atoms with Crippen LogP contribution in [0.1, 0.15) is 10.6 Å². The van der Waals surface area contributed by atoms with Crippen molar-refractivity contribution >= 4 is 59.5 Å². The van der Waals surface area contributed by atoms with E-state index in [0.717, 1.165) is 42.9 Å². The third-order valence-electron chi connectivity index (χ3n) is 6.02. The van der Waals surface area contributed by atoms with Crippen LogP contribution in [-0.2, 0) is 27.6 Å². The number of ether oxygens (including phenoxy) is 2. The summed E-state index contributed by atoms with van der Waals surface area (Å²) < 4.78 is 48.0. The highest BCUT2D eigenvalue weighted by Gasteiger charge is 2.11. The fourth-order valence-corrected chi connectivity index (χ4v) is 5.67. The van der Waals surface area contributed by atoms with Crippen molar-refractivity contribution in [1.82, 2.24) is 15.0 Å². The standard InChI is InChI=1S/C29H26BrFN4O4S2/c1-41(36,37)12-11-38-10-9-28-35-26(17-40-28)20-5-7-25-23(14-20)29(33-18-32-25)34-22-6-8-27(24(30)15-22)39-16-19-3-2-4-21(31)13-19/h2-8,13-15,17-18H,9-12,16H2,1H3,(H,32,33,34). The van der Waals surface area contributed by atoms with E-state index in [2.05, 4.69) is 31.2 Å². The number of rotatable bonds is 12. The van der Waals surface area contributed by atoms with Crippen LogP contribution in [0.3, 0.4) is 0 Å². The molecule has 0 aliphatic carbocycles. The van der Waals surface area contributed by atoms with E-state index >= 15 is 0 Å². The second kappa shape index (κ2) is 13.0. The van der Waals surface area contributed by atoms with Crippen LogP contribution in [0.2, 0.25) is 0 Å². The number of fused-ring (bicyclic) bond motifs is 1. The van der Waals surface area contributed by atoms with Gasteiger partial charge in [0.05, 0.1) is 39.7 Å². The van der Waals surface area contributed by atoms with Gasteiger partial charge < -0.3 is 14.8 Å². The van der Waals surface area contributed by atoms with Crippen molar-refractivity contribution < 1.29 is 22.3 Å². The molecule has 1 N–H and O–H groups in total. The maximum atomic E-state index is 13.5. The summed E-state index contributed by atoms with van der Waals surface area (Å²) in [6, 6.07) is 17.8. The fraction of sp³-hybridized carbons (Fsp3) is 0.207. The molecule has 0 saturated carbocycles. The molecular formula is C29H26BrFN4O4S2. The minimum absolute atomic E-state index is 0.0110. The maximum Gasteiger partial charge on any atom is 0.149 e. The molecule has 5 aromatic rings. The molecule has 12 heteroatoms. The van der Waals surface area contributed by atoms with E-state index in [1.54, 1.807) is 6.07 Å². The lowest BCUT2D eigenvalue weighted by Gasteiger charge is -2.12. The van der Waals surface area contributed by atoms with Gasteiger partial charge in [0.2, 0.25) is 0 Å². The summed E-state index contributed by atoms with van der Waals surface area (Å²) in [7, 11) is -3.03. The maximum absolute atomic E-state index is 13.5. The molecule has 41 heavy (non-hydrogen) atoms. The Kier molecular flexibility index (Phi) is 9.23. The lowest BCUT2D eigenvalue weighted by molar-refractivity contribution is 0.152. The third kappa shape index (κ3) is 8.07. The molecule has 0 atom stereocenters. The molecular weight excluding hydrogens is 631 g/mol. The summed E-state index contributed by atoms with van der Waals surface area (Å²) in [5, 5.41) is 7.10. The number of benzene rings is 3. The van der Waals surface area contributed by atoms with Gasteiger partial charge in [0, 0.05) is 34.7 Å². The zero-order chi connectivity index (χ0) is 28.8. The van der Waals surface area contributed by atoms with Crippen LogP contribution in [0.15, 0.2) is 76.8 Å². The van der Waals surface area contributed by atoms with Crippen LogP contribution in [-0.4, -0.2) is 48.6 Å². The molecule has 3 aromatic carbocycles. The van der Waals surface area contributed by atoms with Gasteiger partial charge in [0.15, 0.2) is 0 Å². The van der Waals surface area contributed by atoms with E-state index in [1.165, 1.54) is 36.1 Å². The third-order valence-corrected chi connectivity index (χ3v) is 8.46. The van der Waals surface area contributed by atoms with E-state index in [9.17, 15) is 12.8 Å². The van der Waals surface area contributed by atoms with Gasteiger partial charge in [-0.2, -0.15) is 0 Å². The highest BCUT2D eigenvalue weighted by atomic mass is 79.9. The second-order valence-electron chi connectivity index (χ2n) is 9.26. The van der Waals surface area contributed by atoms with Gasteiger partial charge in [0.1, 0.15) is 40.2 Å². The smallest absolute Gasteiger partial charge is 0.149 e. The van der Waals surface area contributed by atoms with Crippen molar-refractivity contribution in [3.05, 3.63) is 93.2 Å². The topological polar surface area (TPSA) is 103 Å². The van der Waals surface area contributed by atoms with Crippen molar-refractivity contribution in [1.29, 1.82) is 0 Å². The number of anilines is 2. The number of nitrogens with zero attached hydrogens (tertiary/aromatic N) is 3. The molecule has 0 radical (unpaired) electrons. The lowest BCUT2D eigenvalue weighted by Crippen LogP contribution is -2.11. The highest BCUT2D eigenvalue weighted by Crippen LogP contribution is 2.33. The van der Waals surface area contributed by atoms with Crippen molar-refractivity contribution in [2.45, 2.75) is 13.0 Å². The van der Waals surface area contributed by atoms with Crippen LogP contribution in [0, 0.1) is 5.82 Å². The number of hydrogen-bond acceptors (Lipinski definition) is 9. The summed E-state index contributed by atoms with van der Waals surface area (Å²) in [5.41, 5.74) is 4.09. The minimum Gasteiger partial charge on any atom is -0.488 e. The highest BCUT2D eigenvalue weighted by molar-refractivity contribution is 9.10. The Balaban J connectivity index is 1.26. The molecule has 2 aromatic heterocycles. The Morgan fingerprint density at radius 2 is 1.93 bits per heavy atom. The van der Waals surface area contributed by atoms with E-state index in [0.29, 0.717) is 24.6 Å². The molecule has 0 saturated heterocycles. The molecule has 8 nitrogen and oxygen atoms in total.